The Hall–Kier alpha value is -1.94. The van der Waals surface area contributed by atoms with Crippen LogP contribution in [0.25, 0.3) is 0 Å². The molecule has 0 rings (SSSR count). The molecule has 5 atom stereocenters. The maximum absolute atomic E-state index is 12.6. The summed E-state index contributed by atoms with van der Waals surface area (Å²) in [5.74, 6) is -1.70. The van der Waals surface area contributed by atoms with Crippen LogP contribution in [0.5, 0.6) is 0 Å². The molecule has 0 aliphatic carbocycles. The van der Waals surface area contributed by atoms with Gasteiger partial charge in [-0.15, -0.1) is 0 Å². The lowest BCUT2D eigenvalue weighted by atomic mass is 10.1. The van der Waals surface area contributed by atoms with E-state index in [1.165, 1.54) is 77.0 Å². The highest BCUT2D eigenvalue weighted by atomic mass is 31.2. The molecule has 0 amide bonds. The first-order valence-electron chi connectivity index (χ1n) is 23.8. The maximum atomic E-state index is 12.6. The predicted molar refractivity (Wildman–Crippen MR) is 238 cm³/mol. The average molecular weight is 947 g/mol. The number of hydrogen-bond donors (Lipinski definition) is 3. The Morgan fingerprint density at radius 3 is 1.11 bits per heavy atom. The van der Waals surface area contributed by atoms with Crippen LogP contribution in [-0.2, 0) is 65.4 Å². The van der Waals surface area contributed by atoms with Crippen molar-refractivity contribution >= 4 is 40.0 Å². The molecule has 63 heavy (non-hydrogen) atoms. The molecule has 0 aromatic heterocycles. The minimum Gasteiger partial charge on any atom is -0.464 e. The average Bonchev–Trinajstić information content (AvgIpc) is 3.25. The summed E-state index contributed by atoms with van der Waals surface area (Å²) >= 11 is 0. The summed E-state index contributed by atoms with van der Waals surface area (Å²) in [6.07, 6.45) is 22.7. The third-order valence-corrected chi connectivity index (χ3v) is 11.9. The van der Waals surface area contributed by atoms with Gasteiger partial charge in [-0.2, -0.15) is 0 Å². The second kappa shape index (κ2) is 41.5. The zero-order chi connectivity index (χ0) is 46.9. The van der Waals surface area contributed by atoms with Crippen LogP contribution in [0.15, 0.2) is 0 Å². The monoisotopic (exact) mass is 947 g/mol. The fourth-order valence-corrected chi connectivity index (χ4v) is 7.93. The van der Waals surface area contributed by atoms with E-state index in [2.05, 4.69) is 18.6 Å². The van der Waals surface area contributed by atoms with E-state index in [0.717, 1.165) is 64.2 Å². The van der Waals surface area contributed by atoms with Crippen LogP contribution in [0, 0.1) is 0 Å². The van der Waals surface area contributed by atoms with Crippen LogP contribution < -0.4 is 0 Å². The Morgan fingerprint density at radius 1 is 0.444 bits per heavy atom. The summed E-state index contributed by atoms with van der Waals surface area (Å²) in [7, 11) is -9.78. The van der Waals surface area contributed by atoms with E-state index in [4.69, 9.17) is 32.3 Å². The summed E-state index contributed by atoms with van der Waals surface area (Å²) < 4.78 is 65.2. The fourth-order valence-electron chi connectivity index (χ4n) is 6.35. The molecule has 0 heterocycles. The number of carbonyl (C=O) groups is 4. The molecular weight excluding hydrogens is 862 g/mol. The van der Waals surface area contributed by atoms with Crippen molar-refractivity contribution in [3.63, 3.8) is 0 Å². The Kier molecular flexibility index (Phi) is 40.2. The van der Waals surface area contributed by atoms with Gasteiger partial charge in [-0.1, -0.05) is 162 Å². The smallest absolute Gasteiger partial charge is 0.464 e. The third-order valence-electron chi connectivity index (χ3n) is 10.0. The van der Waals surface area contributed by atoms with E-state index in [-0.39, 0.29) is 25.7 Å². The van der Waals surface area contributed by atoms with Gasteiger partial charge in [-0.05, 0) is 19.3 Å². The van der Waals surface area contributed by atoms with Crippen LogP contribution in [0.1, 0.15) is 201 Å². The SMILES string of the molecule is CCCCCCCCCCCCCC(=O)O[C@H](COC=O)COP(=O)(O)OC[C@@H](O)COP(=O)(O)OC[C@@H](COC(=O)CCCCCCCCCCCC)OC(=O)CCCCCC. The Morgan fingerprint density at radius 2 is 0.746 bits per heavy atom. The second-order valence-corrected chi connectivity index (χ2v) is 19.0. The molecule has 372 valence electrons. The number of hydrogen-bond acceptors (Lipinski definition) is 15. The number of aliphatic hydroxyl groups is 1. The maximum Gasteiger partial charge on any atom is 0.472 e. The van der Waals surface area contributed by atoms with Crippen LogP contribution in [0.3, 0.4) is 0 Å². The third kappa shape index (κ3) is 41.2. The van der Waals surface area contributed by atoms with Gasteiger partial charge in [0.05, 0.1) is 26.4 Å². The predicted octanol–water partition coefficient (Wildman–Crippen LogP) is 10.1. The number of esters is 3. The van der Waals surface area contributed by atoms with Crippen LogP contribution in [-0.4, -0.2) is 97.2 Å². The van der Waals surface area contributed by atoms with Gasteiger partial charge in [0, 0.05) is 19.3 Å². The van der Waals surface area contributed by atoms with E-state index < -0.39 is 91.5 Å². The normalized spacial score (nSPS) is 14.8. The molecule has 2 unspecified atom stereocenters. The van der Waals surface area contributed by atoms with Gasteiger partial charge in [-0.25, -0.2) is 9.13 Å². The molecule has 0 bridgehead atoms. The lowest BCUT2D eigenvalue weighted by Gasteiger charge is -2.21. The number of rotatable bonds is 47. The van der Waals surface area contributed by atoms with Crippen LogP contribution in [0.4, 0.5) is 0 Å². The summed E-state index contributed by atoms with van der Waals surface area (Å²) in [5, 5.41) is 10.2. The van der Waals surface area contributed by atoms with Gasteiger partial charge in [0.2, 0.25) is 0 Å². The molecule has 0 aromatic carbocycles. The summed E-state index contributed by atoms with van der Waals surface area (Å²) in [6.45, 7) is 2.53. The fraction of sp³-hybridized carbons (Fsp3) is 0.909. The standard InChI is InChI=1S/C44H84O17P2/c1-4-7-10-13-15-17-19-21-23-25-28-31-43(48)60-40(34-54-38-45)36-58-62(50,51)56-32-39(46)33-57-63(52,53)59-37-41(61-44(49)30-26-12-9-6-3)35-55-42(47)29-27-24-22-20-18-16-14-11-8-5-2/h38-41,46H,4-37H2,1-3H3,(H,50,51)(H,52,53)/t39-,40-,41-/m1/s1. The van der Waals surface area contributed by atoms with Crippen molar-refractivity contribution in [1.29, 1.82) is 0 Å². The number of carbonyl (C=O) groups excluding carboxylic acids is 4. The number of aliphatic hydroxyl groups excluding tert-OH is 1. The van der Waals surface area contributed by atoms with Crippen molar-refractivity contribution in [3.8, 4) is 0 Å². The topological polar surface area (TPSA) is 237 Å². The molecule has 0 aliphatic heterocycles. The Bertz CT molecular complexity index is 1240. The summed E-state index contributed by atoms with van der Waals surface area (Å²) in [6, 6.07) is 0. The van der Waals surface area contributed by atoms with E-state index in [1.807, 2.05) is 6.92 Å². The van der Waals surface area contributed by atoms with E-state index >= 15 is 0 Å². The van der Waals surface area contributed by atoms with Gasteiger partial charge in [-0.3, -0.25) is 37.3 Å². The van der Waals surface area contributed by atoms with Gasteiger partial charge in [0.15, 0.2) is 12.2 Å². The molecular formula is C44H84O17P2. The van der Waals surface area contributed by atoms with Crippen molar-refractivity contribution in [2.24, 2.45) is 0 Å². The minimum atomic E-state index is -4.90. The first-order chi connectivity index (χ1) is 30.3. The Labute approximate surface area is 377 Å². The van der Waals surface area contributed by atoms with Crippen molar-refractivity contribution in [2.75, 3.05) is 39.6 Å². The highest BCUT2D eigenvalue weighted by molar-refractivity contribution is 7.47. The van der Waals surface area contributed by atoms with E-state index in [9.17, 15) is 43.2 Å². The Balaban J connectivity index is 4.75. The molecule has 17 nitrogen and oxygen atoms in total. The lowest BCUT2D eigenvalue weighted by Crippen LogP contribution is -2.30. The molecule has 0 radical (unpaired) electrons. The zero-order valence-corrected chi connectivity index (χ0v) is 40.6. The highest BCUT2D eigenvalue weighted by Crippen LogP contribution is 2.45. The van der Waals surface area contributed by atoms with E-state index in [0.29, 0.717) is 19.3 Å². The number of phosphoric ester groups is 2. The van der Waals surface area contributed by atoms with Crippen LogP contribution in [0.2, 0.25) is 0 Å². The first-order valence-corrected chi connectivity index (χ1v) is 26.8. The van der Waals surface area contributed by atoms with Crippen molar-refractivity contribution in [2.45, 2.75) is 219 Å². The molecule has 0 saturated carbocycles. The summed E-state index contributed by atoms with van der Waals surface area (Å²) in [5.41, 5.74) is 0. The van der Waals surface area contributed by atoms with Gasteiger partial charge >= 0.3 is 33.6 Å². The number of ether oxygens (including phenoxy) is 4. The molecule has 0 spiro atoms. The lowest BCUT2D eigenvalue weighted by molar-refractivity contribution is -0.161. The van der Waals surface area contributed by atoms with Crippen molar-refractivity contribution < 1.29 is 80.2 Å². The largest absolute Gasteiger partial charge is 0.472 e. The zero-order valence-electron chi connectivity index (χ0n) is 38.8. The number of phosphoric acid groups is 2. The van der Waals surface area contributed by atoms with E-state index in [1.54, 1.807) is 0 Å². The highest BCUT2D eigenvalue weighted by Gasteiger charge is 2.30. The number of unbranched alkanes of at least 4 members (excludes halogenated alkanes) is 22. The first kappa shape index (κ1) is 61.1. The minimum absolute atomic E-state index is 0.0960. The van der Waals surface area contributed by atoms with Crippen molar-refractivity contribution in [3.05, 3.63) is 0 Å². The second-order valence-electron chi connectivity index (χ2n) is 16.1. The molecule has 0 fully saturated rings. The summed E-state index contributed by atoms with van der Waals surface area (Å²) in [4.78, 5) is 68.4. The molecule has 0 aliphatic rings. The van der Waals surface area contributed by atoms with Gasteiger partial charge in [0.25, 0.3) is 6.47 Å². The van der Waals surface area contributed by atoms with Gasteiger partial charge in [0.1, 0.15) is 19.3 Å². The molecule has 19 heteroatoms. The van der Waals surface area contributed by atoms with Crippen molar-refractivity contribution in [1.82, 2.24) is 0 Å². The quantitative estimate of drug-likeness (QED) is 0.0169. The molecule has 3 N–H and O–H groups in total. The van der Waals surface area contributed by atoms with Gasteiger partial charge < -0.3 is 33.8 Å². The molecule has 0 aromatic rings. The molecule has 0 saturated heterocycles. The van der Waals surface area contributed by atoms with Crippen LogP contribution >= 0.6 is 15.6 Å².